The first-order valence-electron chi connectivity index (χ1n) is 7.57. The van der Waals surface area contributed by atoms with Crippen molar-refractivity contribution >= 4 is 5.97 Å². The van der Waals surface area contributed by atoms with Gasteiger partial charge in [-0.3, -0.25) is 0 Å². The van der Waals surface area contributed by atoms with Crippen LogP contribution in [0.15, 0.2) is 11.6 Å². The third-order valence-corrected chi connectivity index (χ3v) is 4.53. The van der Waals surface area contributed by atoms with Crippen molar-refractivity contribution < 1.29 is 41.4 Å². The Morgan fingerprint density at radius 3 is 1.92 bits per heavy atom. The van der Waals surface area contributed by atoms with Crippen LogP contribution >= 0.6 is 0 Å². The average molecular weight is 362 g/mol. The summed E-state index contributed by atoms with van der Waals surface area (Å²) >= 11 is 0. The largest absolute Gasteiger partial charge is 0.478 e. The van der Waals surface area contributed by atoms with Crippen LogP contribution in [0.25, 0.3) is 0 Å². The number of aliphatic carboxylic acids is 1. The molecular weight excluding hydrogens is 342 g/mol. The molecule has 0 aromatic heterocycles. The Morgan fingerprint density at radius 2 is 1.54 bits per heavy atom. The SMILES string of the molecule is CC(=CC(CC(O)(C(F)(F)F)C(F)(F)F)C1CCCCC1)C(=O)O. The van der Waals surface area contributed by atoms with Crippen LogP contribution in [0.4, 0.5) is 26.3 Å². The molecular formula is C15H20F6O3. The number of hydrogen-bond acceptors (Lipinski definition) is 2. The highest BCUT2D eigenvalue weighted by atomic mass is 19.4. The monoisotopic (exact) mass is 362 g/mol. The number of alkyl halides is 6. The minimum atomic E-state index is -5.90. The van der Waals surface area contributed by atoms with Crippen molar-refractivity contribution in [2.75, 3.05) is 0 Å². The van der Waals surface area contributed by atoms with Gasteiger partial charge >= 0.3 is 18.3 Å². The molecule has 1 aliphatic rings. The van der Waals surface area contributed by atoms with E-state index >= 15 is 0 Å². The van der Waals surface area contributed by atoms with Crippen LogP contribution in [0.3, 0.4) is 0 Å². The van der Waals surface area contributed by atoms with Gasteiger partial charge in [0, 0.05) is 12.0 Å². The van der Waals surface area contributed by atoms with Gasteiger partial charge in [-0.15, -0.1) is 0 Å². The second kappa shape index (κ2) is 7.33. The number of carboxylic acids is 1. The van der Waals surface area contributed by atoms with Gasteiger partial charge in [0.15, 0.2) is 0 Å². The van der Waals surface area contributed by atoms with Crippen molar-refractivity contribution in [3.05, 3.63) is 11.6 Å². The van der Waals surface area contributed by atoms with Crippen molar-refractivity contribution in [3.63, 3.8) is 0 Å². The molecule has 3 nitrogen and oxygen atoms in total. The van der Waals surface area contributed by atoms with Crippen LogP contribution in [0.2, 0.25) is 0 Å². The molecule has 1 aliphatic carbocycles. The molecule has 0 aromatic rings. The first-order valence-corrected chi connectivity index (χ1v) is 7.57. The maximum atomic E-state index is 12.9. The van der Waals surface area contributed by atoms with E-state index in [0.717, 1.165) is 19.4 Å². The zero-order chi connectivity index (χ0) is 18.8. The molecule has 140 valence electrons. The van der Waals surface area contributed by atoms with Gasteiger partial charge in [0.05, 0.1) is 0 Å². The van der Waals surface area contributed by atoms with Crippen molar-refractivity contribution in [2.45, 2.75) is 63.4 Å². The maximum Gasteiger partial charge on any atom is 0.426 e. The number of rotatable bonds is 5. The van der Waals surface area contributed by atoms with Crippen molar-refractivity contribution in [3.8, 4) is 0 Å². The molecule has 0 heterocycles. The van der Waals surface area contributed by atoms with Gasteiger partial charge in [0.1, 0.15) is 0 Å². The van der Waals surface area contributed by atoms with Crippen LogP contribution in [-0.2, 0) is 4.79 Å². The molecule has 1 fully saturated rings. The van der Waals surface area contributed by atoms with Gasteiger partial charge in [-0.25, -0.2) is 4.79 Å². The second-order valence-electron chi connectivity index (χ2n) is 6.28. The van der Waals surface area contributed by atoms with Crippen LogP contribution < -0.4 is 0 Å². The summed E-state index contributed by atoms with van der Waals surface area (Å²) in [4.78, 5) is 10.9. The van der Waals surface area contributed by atoms with E-state index in [0.29, 0.717) is 25.7 Å². The Morgan fingerprint density at radius 1 is 1.08 bits per heavy atom. The van der Waals surface area contributed by atoms with Crippen molar-refractivity contribution in [2.24, 2.45) is 11.8 Å². The minimum absolute atomic E-state index is 0.336. The Hall–Kier alpha value is -1.25. The maximum absolute atomic E-state index is 12.9. The Labute approximate surface area is 135 Å². The molecule has 0 radical (unpaired) electrons. The van der Waals surface area contributed by atoms with E-state index in [1.165, 1.54) is 0 Å². The highest BCUT2D eigenvalue weighted by Gasteiger charge is 2.70. The van der Waals surface area contributed by atoms with Gasteiger partial charge in [0.25, 0.3) is 5.60 Å². The third-order valence-electron chi connectivity index (χ3n) is 4.53. The summed E-state index contributed by atoms with van der Waals surface area (Å²) in [5.74, 6) is -3.27. The van der Waals surface area contributed by atoms with Crippen LogP contribution in [0.5, 0.6) is 0 Å². The summed E-state index contributed by atoms with van der Waals surface area (Å²) in [6.07, 6.45) is -9.58. The van der Waals surface area contributed by atoms with E-state index in [1.54, 1.807) is 0 Å². The number of carbonyl (C=O) groups is 1. The number of aliphatic hydroxyl groups is 1. The first-order chi connectivity index (χ1) is 10.8. The predicted octanol–water partition coefficient (Wildman–Crippen LogP) is 4.46. The number of halogens is 6. The molecule has 2 N–H and O–H groups in total. The summed E-state index contributed by atoms with van der Waals surface area (Å²) in [6, 6.07) is 0. The molecule has 1 saturated carbocycles. The molecule has 1 unspecified atom stereocenters. The molecule has 0 aliphatic heterocycles. The molecule has 9 heteroatoms. The zero-order valence-electron chi connectivity index (χ0n) is 13.0. The van der Waals surface area contributed by atoms with Gasteiger partial charge in [0.2, 0.25) is 0 Å². The number of hydrogen-bond donors (Lipinski definition) is 2. The summed E-state index contributed by atoms with van der Waals surface area (Å²) in [5.41, 5.74) is -5.20. The second-order valence-corrected chi connectivity index (χ2v) is 6.28. The van der Waals surface area contributed by atoms with Gasteiger partial charge in [-0.2, -0.15) is 26.3 Å². The summed E-state index contributed by atoms with van der Waals surface area (Å²) in [6.45, 7) is 1.11. The molecule has 0 saturated heterocycles. The normalized spacial score (nSPS) is 20.1. The lowest BCUT2D eigenvalue weighted by molar-refractivity contribution is -0.372. The lowest BCUT2D eigenvalue weighted by Gasteiger charge is -2.37. The Kier molecular flexibility index (Phi) is 6.35. The molecule has 0 bridgehead atoms. The molecule has 24 heavy (non-hydrogen) atoms. The van der Waals surface area contributed by atoms with Crippen LogP contribution in [0, 0.1) is 11.8 Å². The molecule has 0 aromatic carbocycles. The van der Waals surface area contributed by atoms with Gasteiger partial charge < -0.3 is 10.2 Å². The highest BCUT2D eigenvalue weighted by molar-refractivity contribution is 5.85. The predicted molar refractivity (Wildman–Crippen MR) is 73.1 cm³/mol. The number of carboxylic acid groups (broad SMARTS) is 1. The molecule has 0 amide bonds. The number of allylic oxidation sites excluding steroid dienone is 1. The van der Waals surface area contributed by atoms with E-state index in [4.69, 9.17) is 5.11 Å². The topological polar surface area (TPSA) is 57.5 Å². The fraction of sp³-hybridized carbons (Fsp3) is 0.800. The molecule has 0 spiro atoms. The molecule has 1 atom stereocenters. The van der Waals surface area contributed by atoms with E-state index in [1.807, 2.05) is 0 Å². The zero-order valence-corrected chi connectivity index (χ0v) is 13.0. The lowest BCUT2D eigenvalue weighted by Crippen LogP contribution is -2.58. The van der Waals surface area contributed by atoms with Gasteiger partial charge in [-0.1, -0.05) is 25.3 Å². The van der Waals surface area contributed by atoms with Crippen molar-refractivity contribution in [1.29, 1.82) is 0 Å². The summed E-state index contributed by atoms with van der Waals surface area (Å²) in [5, 5.41) is 18.3. The fourth-order valence-electron chi connectivity index (χ4n) is 3.05. The van der Waals surface area contributed by atoms with Gasteiger partial charge in [-0.05, 0) is 31.6 Å². The van der Waals surface area contributed by atoms with Crippen LogP contribution in [-0.4, -0.2) is 34.1 Å². The third kappa shape index (κ3) is 4.64. The van der Waals surface area contributed by atoms with Crippen LogP contribution in [0.1, 0.15) is 45.4 Å². The molecule has 1 rings (SSSR count). The fourth-order valence-corrected chi connectivity index (χ4v) is 3.05. The van der Waals surface area contributed by atoms with Crippen molar-refractivity contribution in [1.82, 2.24) is 0 Å². The van der Waals surface area contributed by atoms with E-state index in [9.17, 15) is 36.2 Å². The lowest BCUT2D eigenvalue weighted by atomic mass is 9.74. The Bertz CT molecular complexity index is 461. The summed E-state index contributed by atoms with van der Waals surface area (Å²) in [7, 11) is 0. The van der Waals surface area contributed by atoms with E-state index in [-0.39, 0.29) is 5.57 Å². The average Bonchev–Trinajstić information content (AvgIpc) is 2.44. The quantitative estimate of drug-likeness (QED) is 0.561. The highest BCUT2D eigenvalue weighted by Crippen LogP contribution is 2.49. The smallest absolute Gasteiger partial charge is 0.426 e. The van der Waals surface area contributed by atoms with E-state index < -0.39 is 42.2 Å². The Balaban J connectivity index is 3.22. The first kappa shape index (κ1) is 20.8. The van der Waals surface area contributed by atoms with E-state index in [2.05, 4.69) is 0 Å². The minimum Gasteiger partial charge on any atom is -0.478 e. The summed E-state index contributed by atoms with van der Waals surface area (Å²) < 4.78 is 77.5. The standard InChI is InChI=1S/C15H20F6O3/c1-9(12(22)23)7-11(10-5-3-2-4-6-10)8-13(24,14(16,17)18)15(19,20)21/h7,10-11,24H,2-6,8H2,1H3,(H,22,23).